The van der Waals surface area contributed by atoms with Gasteiger partial charge < -0.3 is 9.47 Å². The van der Waals surface area contributed by atoms with Gasteiger partial charge in [-0.05, 0) is 46.8 Å². The largest absolute Gasteiger partial charge is 0.465 e. The van der Waals surface area contributed by atoms with Crippen molar-refractivity contribution in [2.45, 2.75) is 91.3 Å². The fourth-order valence-electron chi connectivity index (χ4n) is 2.20. The molecule has 6 heteroatoms. The van der Waals surface area contributed by atoms with Crippen LogP contribution in [0.15, 0.2) is 0 Å². The van der Waals surface area contributed by atoms with Crippen molar-refractivity contribution < 1.29 is 19.1 Å². The van der Waals surface area contributed by atoms with Gasteiger partial charge in [0.1, 0.15) is 17.7 Å². The quantitative estimate of drug-likeness (QED) is 0.388. The predicted molar refractivity (Wildman–Crippen MR) is 105 cm³/mol. The first-order valence-electron chi connectivity index (χ1n) is 9.44. The van der Waals surface area contributed by atoms with Crippen LogP contribution in [0.2, 0.25) is 0 Å². The Hall–Kier alpha value is -0.750. The lowest BCUT2D eigenvalue weighted by Gasteiger charge is -2.25. The van der Waals surface area contributed by atoms with E-state index < -0.39 is 17.7 Å². The standard InChI is InChI=1S/C19H37NO4S/c1-7-9-10-11-12-13-25-14-16(18(22)23-8-2)20-15(3)17(21)24-19(4,5)6/h15-16,20H,7-14H2,1-6H3/t15-,16?/m0/s1. The number of hydrogen-bond donors (Lipinski definition) is 1. The van der Waals surface area contributed by atoms with E-state index in [9.17, 15) is 9.59 Å². The summed E-state index contributed by atoms with van der Waals surface area (Å²) in [4.78, 5) is 24.2. The second-order valence-electron chi connectivity index (χ2n) is 7.22. The molecule has 0 aliphatic rings. The van der Waals surface area contributed by atoms with Gasteiger partial charge in [-0.15, -0.1) is 0 Å². The zero-order chi connectivity index (χ0) is 19.3. The summed E-state index contributed by atoms with van der Waals surface area (Å²) >= 11 is 1.72. The number of rotatable bonds is 13. The number of nitrogens with one attached hydrogen (secondary N) is 1. The molecule has 0 heterocycles. The van der Waals surface area contributed by atoms with Gasteiger partial charge in [0.05, 0.1) is 6.61 Å². The van der Waals surface area contributed by atoms with Crippen LogP contribution in [0.1, 0.15) is 73.6 Å². The Kier molecular flexibility index (Phi) is 13.0. The highest BCUT2D eigenvalue weighted by molar-refractivity contribution is 7.99. The summed E-state index contributed by atoms with van der Waals surface area (Å²) in [6.45, 7) is 11.5. The average molecular weight is 376 g/mol. The molecule has 25 heavy (non-hydrogen) atoms. The minimum atomic E-state index is -0.557. The van der Waals surface area contributed by atoms with E-state index in [1.165, 1.54) is 25.7 Å². The van der Waals surface area contributed by atoms with E-state index in [0.717, 1.165) is 12.2 Å². The van der Waals surface area contributed by atoms with Crippen molar-refractivity contribution in [1.29, 1.82) is 0 Å². The maximum atomic E-state index is 12.1. The van der Waals surface area contributed by atoms with Gasteiger partial charge in [-0.1, -0.05) is 32.6 Å². The van der Waals surface area contributed by atoms with Crippen molar-refractivity contribution in [2.75, 3.05) is 18.1 Å². The monoisotopic (exact) mass is 375 g/mol. The fourth-order valence-corrected chi connectivity index (χ4v) is 3.24. The van der Waals surface area contributed by atoms with Crippen LogP contribution in [-0.4, -0.2) is 47.7 Å². The Morgan fingerprint density at radius 2 is 1.68 bits per heavy atom. The first kappa shape index (κ1) is 24.2. The molecule has 0 bridgehead atoms. The molecule has 0 radical (unpaired) electrons. The normalized spacial score (nSPS) is 14.0. The minimum absolute atomic E-state index is 0.309. The lowest BCUT2D eigenvalue weighted by atomic mass is 10.2. The van der Waals surface area contributed by atoms with Crippen LogP contribution in [0.3, 0.4) is 0 Å². The zero-order valence-corrected chi connectivity index (χ0v) is 17.7. The number of carbonyl (C=O) groups excluding carboxylic acids is 2. The third-order valence-electron chi connectivity index (χ3n) is 3.46. The maximum Gasteiger partial charge on any atom is 0.324 e. The predicted octanol–water partition coefficient (Wildman–Crippen LogP) is 3.94. The van der Waals surface area contributed by atoms with Crippen LogP contribution in [0.25, 0.3) is 0 Å². The van der Waals surface area contributed by atoms with Gasteiger partial charge >= 0.3 is 11.9 Å². The SMILES string of the molecule is CCCCCCCSCC(N[C@@H](C)C(=O)OC(C)(C)C)C(=O)OCC. The van der Waals surface area contributed by atoms with E-state index in [4.69, 9.17) is 9.47 Å². The Balaban J connectivity index is 4.38. The smallest absolute Gasteiger partial charge is 0.324 e. The van der Waals surface area contributed by atoms with Crippen LogP contribution in [0, 0.1) is 0 Å². The summed E-state index contributed by atoms with van der Waals surface area (Å²) in [5, 5.41) is 3.07. The van der Waals surface area contributed by atoms with Crippen molar-refractivity contribution in [3.8, 4) is 0 Å². The Morgan fingerprint density at radius 3 is 2.24 bits per heavy atom. The van der Waals surface area contributed by atoms with E-state index in [2.05, 4.69) is 12.2 Å². The van der Waals surface area contributed by atoms with Gasteiger partial charge in [0.25, 0.3) is 0 Å². The van der Waals surface area contributed by atoms with Gasteiger partial charge in [0.15, 0.2) is 0 Å². The molecule has 1 N–H and O–H groups in total. The number of carbonyl (C=O) groups is 2. The molecule has 5 nitrogen and oxygen atoms in total. The van der Waals surface area contributed by atoms with Crippen molar-refractivity contribution in [2.24, 2.45) is 0 Å². The van der Waals surface area contributed by atoms with E-state index in [-0.39, 0.29) is 11.9 Å². The molecule has 1 unspecified atom stereocenters. The van der Waals surface area contributed by atoms with Gasteiger partial charge in [-0.3, -0.25) is 14.9 Å². The summed E-state index contributed by atoms with van der Waals surface area (Å²) in [6, 6.07) is -1.05. The summed E-state index contributed by atoms with van der Waals surface area (Å²) in [5.41, 5.74) is -0.542. The summed E-state index contributed by atoms with van der Waals surface area (Å²) in [7, 11) is 0. The Bertz CT molecular complexity index is 382. The highest BCUT2D eigenvalue weighted by atomic mass is 32.2. The first-order valence-corrected chi connectivity index (χ1v) is 10.6. The van der Waals surface area contributed by atoms with Crippen molar-refractivity contribution >= 4 is 23.7 Å². The fraction of sp³-hybridized carbons (Fsp3) is 0.895. The number of esters is 2. The summed E-state index contributed by atoms with van der Waals surface area (Å²) in [5.74, 6) is 0.949. The number of ether oxygens (including phenoxy) is 2. The van der Waals surface area contributed by atoms with E-state index in [1.54, 1.807) is 25.6 Å². The van der Waals surface area contributed by atoms with Crippen LogP contribution < -0.4 is 5.32 Å². The van der Waals surface area contributed by atoms with E-state index in [1.807, 2.05) is 20.8 Å². The van der Waals surface area contributed by atoms with Gasteiger partial charge in [-0.2, -0.15) is 11.8 Å². The average Bonchev–Trinajstić information content (AvgIpc) is 2.51. The van der Waals surface area contributed by atoms with Crippen LogP contribution >= 0.6 is 11.8 Å². The van der Waals surface area contributed by atoms with Crippen molar-refractivity contribution in [3.63, 3.8) is 0 Å². The number of unbranched alkanes of at least 4 members (excludes halogenated alkanes) is 4. The highest BCUT2D eigenvalue weighted by Crippen LogP contribution is 2.12. The molecule has 0 aromatic carbocycles. The molecule has 0 aromatic rings. The highest BCUT2D eigenvalue weighted by Gasteiger charge is 2.27. The second-order valence-corrected chi connectivity index (χ2v) is 8.37. The molecule has 0 amide bonds. The third-order valence-corrected chi connectivity index (χ3v) is 4.61. The molecule has 148 valence electrons. The summed E-state index contributed by atoms with van der Waals surface area (Å²) in [6.07, 6.45) is 6.18. The molecule has 0 saturated heterocycles. The van der Waals surface area contributed by atoms with Crippen LogP contribution in [0.4, 0.5) is 0 Å². The van der Waals surface area contributed by atoms with Gasteiger partial charge in [-0.25, -0.2) is 0 Å². The van der Waals surface area contributed by atoms with Crippen LogP contribution in [0.5, 0.6) is 0 Å². The first-order chi connectivity index (χ1) is 11.7. The molecule has 0 aromatic heterocycles. The topological polar surface area (TPSA) is 64.6 Å². The van der Waals surface area contributed by atoms with Gasteiger partial charge in [0.2, 0.25) is 0 Å². The minimum Gasteiger partial charge on any atom is -0.465 e. The zero-order valence-electron chi connectivity index (χ0n) is 16.9. The molecular weight excluding hydrogens is 338 g/mol. The molecule has 0 spiro atoms. The number of hydrogen-bond acceptors (Lipinski definition) is 6. The molecule has 0 aliphatic carbocycles. The molecule has 0 fully saturated rings. The van der Waals surface area contributed by atoms with E-state index >= 15 is 0 Å². The van der Waals surface area contributed by atoms with E-state index in [0.29, 0.717) is 12.4 Å². The molecule has 2 atom stereocenters. The van der Waals surface area contributed by atoms with Crippen LogP contribution in [-0.2, 0) is 19.1 Å². The molecular formula is C19H37NO4S. The second kappa shape index (κ2) is 13.5. The number of thioether (sulfide) groups is 1. The Labute approximate surface area is 158 Å². The lowest BCUT2D eigenvalue weighted by Crippen LogP contribution is -2.49. The maximum absolute atomic E-state index is 12.1. The Morgan fingerprint density at radius 1 is 1.04 bits per heavy atom. The molecule has 0 saturated carbocycles. The van der Waals surface area contributed by atoms with Crippen molar-refractivity contribution in [3.05, 3.63) is 0 Å². The molecule has 0 rings (SSSR count). The summed E-state index contributed by atoms with van der Waals surface area (Å²) < 4.78 is 10.5. The third kappa shape index (κ3) is 13.2. The molecule has 0 aliphatic heterocycles. The lowest BCUT2D eigenvalue weighted by molar-refractivity contribution is -0.157. The van der Waals surface area contributed by atoms with Crippen molar-refractivity contribution in [1.82, 2.24) is 5.32 Å². The van der Waals surface area contributed by atoms with Gasteiger partial charge in [0, 0.05) is 5.75 Å².